The molecule has 0 aliphatic heterocycles. The summed E-state index contributed by atoms with van der Waals surface area (Å²) < 4.78 is 5.22. The minimum atomic E-state index is -0.885. The quantitative estimate of drug-likeness (QED) is 0.458. The van der Waals surface area contributed by atoms with Crippen LogP contribution in [-0.2, 0) is 19.1 Å². The van der Waals surface area contributed by atoms with Gasteiger partial charge in [0.1, 0.15) is 23.7 Å². The second-order valence-electron chi connectivity index (χ2n) is 8.69. The molecule has 0 bridgehead atoms. The van der Waals surface area contributed by atoms with Crippen molar-refractivity contribution in [2.24, 2.45) is 17.6 Å². The zero-order chi connectivity index (χ0) is 22.2. The third kappa shape index (κ3) is 10.1. The molecule has 0 saturated carbocycles. The molecule has 9 nitrogen and oxygen atoms in total. The Morgan fingerprint density at radius 2 is 1.43 bits per heavy atom. The topological polar surface area (TPSA) is 140 Å². The van der Waals surface area contributed by atoms with E-state index in [1.165, 1.54) is 6.92 Å². The number of nitrogens with one attached hydrogen (secondary N) is 3. The van der Waals surface area contributed by atoms with E-state index in [0.717, 1.165) is 0 Å². The molecule has 3 atom stereocenters. The van der Waals surface area contributed by atoms with Gasteiger partial charge in [0.2, 0.25) is 17.7 Å². The first kappa shape index (κ1) is 25.7. The molecule has 0 unspecified atom stereocenters. The molecule has 4 amide bonds. The smallest absolute Gasteiger partial charge is 0.408 e. The van der Waals surface area contributed by atoms with Crippen molar-refractivity contribution in [3.8, 4) is 0 Å². The van der Waals surface area contributed by atoms with Crippen LogP contribution in [0.2, 0.25) is 0 Å². The molecule has 0 aliphatic rings. The largest absolute Gasteiger partial charge is 0.444 e. The Morgan fingerprint density at radius 1 is 0.893 bits per heavy atom. The Balaban J connectivity index is 5.24. The van der Waals surface area contributed by atoms with Gasteiger partial charge in [-0.05, 0) is 46.0 Å². The van der Waals surface area contributed by atoms with E-state index in [1.807, 2.05) is 13.8 Å². The molecule has 0 aromatic rings. The summed E-state index contributed by atoms with van der Waals surface area (Å²) in [7, 11) is 0. The summed E-state index contributed by atoms with van der Waals surface area (Å²) >= 11 is 0. The number of nitrogens with two attached hydrogens (primary N) is 1. The number of carbonyl (C=O) groups is 4. The van der Waals surface area contributed by atoms with Crippen molar-refractivity contribution >= 4 is 23.8 Å². The van der Waals surface area contributed by atoms with Gasteiger partial charge in [-0.3, -0.25) is 14.4 Å². The first-order valence-electron chi connectivity index (χ1n) is 9.53. The lowest BCUT2D eigenvalue weighted by molar-refractivity contribution is -0.132. The van der Waals surface area contributed by atoms with E-state index in [2.05, 4.69) is 16.0 Å². The lowest BCUT2D eigenvalue weighted by atomic mass is 10.00. The van der Waals surface area contributed by atoms with E-state index in [1.54, 1.807) is 34.6 Å². The van der Waals surface area contributed by atoms with E-state index in [0.29, 0.717) is 6.42 Å². The van der Waals surface area contributed by atoms with Crippen LogP contribution in [0, 0.1) is 11.8 Å². The van der Waals surface area contributed by atoms with Crippen molar-refractivity contribution in [2.45, 2.75) is 85.5 Å². The van der Waals surface area contributed by atoms with Crippen molar-refractivity contribution in [1.82, 2.24) is 16.0 Å². The van der Waals surface area contributed by atoms with Gasteiger partial charge < -0.3 is 26.4 Å². The van der Waals surface area contributed by atoms with Crippen molar-refractivity contribution in [3.05, 3.63) is 0 Å². The highest BCUT2D eigenvalue weighted by Gasteiger charge is 2.31. The van der Waals surface area contributed by atoms with Gasteiger partial charge in [-0.15, -0.1) is 0 Å². The molecule has 0 saturated heterocycles. The molecule has 0 rings (SSSR count). The number of hydrogen-bond acceptors (Lipinski definition) is 5. The molecule has 0 aromatic heterocycles. The van der Waals surface area contributed by atoms with Gasteiger partial charge in [0, 0.05) is 0 Å². The fourth-order valence-corrected chi connectivity index (χ4v) is 2.32. The standard InChI is InChI=1S/C19H36N4O5/c1-10(2)9-13(22-18(27)28-19(6,7)8)16(25)23-14(11(3)4)17(26)21-12(5)15(20)24/h10-14H,9H2,1-8H3,(H2,20,24)(H,21,26)(H,22,27)(H,23,25)/t12-,13-,14-/m0/s1. The molecule has 0 fully saturated rings. The number of amides is 4. The van der Waals surface area contributed by atoms with Crippen LogP contribution in [0.3, 0.4) is 0 Å². The van der Waals surface area contributed by atoms with Gasteiger partial charge in [-0.1, -0.05) is 27.7 Å². The minimum absolute atomic E-state index is 0.117. The summed E-state index contributed by atoms with van der Waals surface area (Å²) in [6.07, 6.45) is -0.337. The minimum Gasteiger partial charge on any atom is -0.444 e. The maximum Gasteiger partial charge on any atom is 0.408 e. The SMILES string of the molecule is CC(C)C[C@H](NC(=O)OC(C)(C)C)C(=O)N[C@H](C(=O)N[C@@H](C)C(N)=O)C(C)C. The van der Waals surface area contributed by atoms with E-state index in [9.17, 15) is 19.2 Å². The van der Waals surface area contributed by atoms with Crippen molar-refractivity contribution in [2.75, 3.05) is 0 Å². The van der Waals surface area contributed by atoms with E-state index >= 15 is 0 Å². The Kier molecular flexibility index (Phi) is 9.97. The Bertz CT molecular complexity index is 569. The molecule has 162 valence electrons. The summed E-state index contributed by atoms with van der Waals surface area (Å²) in [6.45, 7) is 14.0. The van der Waals surface area contributed by atoms with E-state index < -0.39 is 47.5 Å². The molecule has 28 heavy (non-hydrogen) atoms. The van der Waals surface area contributed by atoms with Crippen LogP contribution < -0.4 is 21.7 Å². The van der Waals surface area contributed by atoms with Crippen LogP contribution in [-0.4, -0.2) is 47.5 Å². The van der Waals surface area contributed by atoms with Crippen LogP contribution in [0.25, 0.3) is 0 Å². The monoisotopic (exact) mass is 400 g/mol. The van der Waals surface area contributed by atoms with Crippen LogP contribution in [0.5, 0.6) is 0 Å². The van der Waals surface area contributed by atoms with Gasteiger partial charge in [0.25, 0.3) is 0 Å². The Labute approximate surface area is 167 Å². The van der Waals surface area contributed by atoms with Crippen molar-refractivity contribution < 1.29 is 23.9 Å². The summed E-state index contributed by atoms with van der Waals surface area (Å²) in [5.41, 5.74) is 4.47. The average molecular weight is 401 g/mol. The summed E-state index contributed by atoms with van der Waals surface area (Å²) in [4.78, 5) is 48.5. The van der Waals surface area contributed by atoms with Gasteiger partial charge in [0.05, 0.1) is 0 Å². The summed E-state index contributed by atoms with van der Waals surface area (Å²) in [6, 6.07) is -2.61. The van der Waals surface area contributed by atoms with Gasteiger partial charge in [-0.25, -0.2) is 4.79 Å². The van der Waals surface area contributed by atoms with Gasteiger partial charge in [0.15, 0.2) is 0 Å². The highest BCUT2D eigenvalue weighted by molar-refractivity contribution is 5.93. The lowest BCUT2D eigenvalue weighted by Gasteiger charge is -2.27. The fourth-order valence-electron chi connectivity index (χ4n) is 2.32. The molecule has 0 aliphatic carbocycles. The van der Waals surface area contributed by atoms with Crippen LogP contribution >= 0.6 is 0 Å². The van der Waals surface area contributed by atoms with E-state index in [4.69, 9.17) is 10.5 Å². The zero-order valence-corrected chi connectivity index (χ0v) is 18.2. The number of hydrogen-bond donors (Lipinski definition) is 4. The number of alkyl carbamates (subject to hydrolysis) is 1. The van der Waals surface area contributed by atoms with Crippen LogP contribution in [0.1, 0.15) is 61.8 Å². The summed E-state index contributed by atoms with van der Waals surface area (Å²) in [5.74, 6) is -1.82. The highest BCUT2D eigenvalue weighted by Crippen LogP contribution is 2.11. The third-order valence-corrected chi connectivity index (χ3v) is 3.75. The first-order valence-corrected chi connectivity index (χ1v) is 9.53. The number of rotatable bonds is 9. The molecule has 5 N–H and O–H groups in total. The van der Waals surface area contributed by atoms with E-state index in [-0.39, 0.29) is 11.8 Å². The van der Waals surface area contributed by atoms with Crippen LogP contribution in [0.4, 0.5) is 4.79 Å². The lowest BCUT2D eigenvalue weighted by Crippen LogP contribution is -2.57. The molecule has 0 spiro atoms. The maximum atomic E-state index is 12.8. The van der Waals surface area contributed by atoms with Crippen molar-refractivity contribution in [3.63, 3.8) is 0 Å². The number of ether oxygens (including phenoxy) is 1. The Hall–Kier alpha value is -2.32. The molecule has 0 aromatic carbocycles. The Morgan fingerprint density at radius 3 is 1.82 bits per heavy atom. The van der Waals surface area contributed by atoms with Crippen LogP contribution in [0.15, 0.2) is 0 Å². The predicted molar refractivity (Wildman–Crippen MR) is 106 cm³/mol. The number of primary amides is 1. The molecular weight excluding hydrogens is 364 g/mol. The summed E-state index contributed by atoms with van der Waals surface area (Å²) in [5, 5.41) is 7.71. The fraction of sp³-hybridized carbons (Fsp3) is 0.789. The average Bonchev–Trinajstić information content (AvgIpc) is 2.48. The number of carbonyl (C=O) groups excluding carboxylic acids is 4. The predicted octanol–water partition coefficient (Wildman–Crippen LogP) is 1.06. The van der Waals surface area contributed by atoms with Gasteiger partial charge >= 0.3 is 6.09 Å². The maximum absolute atomic E-state index is 12.8. The van der Waals surface area contributed by atoms with Gasteiger partial charge in [-0.2, -0.15) is 0 Å². The second-order valence-corrected chi connectivity index (χ2v) is 8.69. The molecular formula is C19H36N4O5. The molecule has 0 radical (unpaired) electrons. The first-order chi connectivity index (χ1) is 12.6. The second kappa shape index (κ2) is 10.9. The van der Waals surface area contributed by atoms with Crippen molar-refractivity contribution in [1.29, 1.82) is 0 Å². The molecule has 9 heteroatoms. The highest BCUT2D eigenvalue weighted by atomic mass is 16.6. The normalized spacial score (nSPS) is 14.8. The zero-order valence-electron chi connectivity index (χ0n) is 18.2. The molecule has 0 heterocycles. The third-order valence-electron chi connectivity index (χ3n) is 3.75.